The highest BCUT2D eigenvalue weighted by Gasteiger charge is 2.26. The Morgan fingerprint density at radius 3 is 2.75 bits per heavy atom. The van der Waals surface area contributed by atoms with Crippen LogP contribution in [0.5, 0.6) is 0 Å². The van der Waals surface area contributed by atoms with Crippen molar-refractivity contribution in [1.82, 2.24) is 20.1 Å². The molecule has 0 spiro atoms. The van der Waals surface area contributed by atoms with E-state index >= 15 is 0 Å². The van der Waals surface area contributed by atoms with Crippen molar-refractivity contribution in [3.63, 3.8) is 0 Å². The Hall–Kier alpha value is -1.96. The summed E-state index contributed by atoms with van der Waals surface area (Å²) < 4.78 is 6.70. The van der Waals surface area contributed by atoms with E-state index in [0.717, 1.165) is 41.9 Å². The zero-order chi connectivity index (χ0) is 17.1. The second-order valence-electron chi connectivity index (χ2n) is 6.15. The van der Waals surface area contributed by atoms with Crippen LogP contribution in [0, 0.1) is 6.92 Å². The van der Waals surface area contributed by atoms with Gasteiger partial charge in [-0.3, -0.25) is 0 Å². The number of rotatable bonds is 4. The summed E-state index contributed by atoms with van der Waals surface area (Å²) in [6.45, 7) is 3.84. The second-order valence-corrected chi connectivity index (χ2v) is 7.00. The summed E-state index contributed by atoms with van der Waals surface area (Å²) in [7, 11) is 3.79. The van der Waals surface area contributed by atoms with Gasteiger partial charge in [0.2, 0.25) is 5.89 Å². The third-order valence-corrected chi connectivity index (χ3v) is 4.56. The molecule has 1 saturated heterocycles. The summed E-state index contributed by atoms with van der Waals surface area (Å²) in [5, 5.41) is 8.15. The number of pyridine rings is 1. The standard InChI is InChI=1S/C16H21BrN6O/c1-11-4-5-13(17)14(19-11)23-8-6-12(7-9-23)15-20-21-16(24-15)18-10-22(2)3/h4-5,10,12H,6-9H2,1-3H3/b18-10+. The van der Waals surface area contributed by atoms with Crippen LogP contribution in [0.1, 0.15) is 30.3 Å². The van der Waals surface area contributed by atoms with Crippen molar-refractivity contribution in [3.05, 3.63) is 28.2 Å². The van der Waals surface area contributed by atoms with Gasteiger partial charge in [0.25, 0.3) is 0 Å². The number of hydrogen-bond donors (Lipinski definition) is 0. The van der Waals surface area contributed by atoms with Gasteiger partial charge in [-0.25, -0.2) is 4.98 Å². The largest absolute Gasteiger partial charge is 0.406 e. The highest BCUT2D eigenvalue weighted by atomic mass is 79.9. The van der Waals surface area contributed by atoms with Crippen LogP contribution in [0.15, 0.2) is 26.0 Å². The van der Waals surface area contributed by atoms with Gasteiger partial charge in [0.05, 0.1) is 10.8 Å². The van der Waals surface area contributed by atoms with E-state index in [1.807, 2.05) is 32.0 Å². The zero-order valence-corrected chi connectivity index (χ0v) is 15.7. The van der Waals surface area contributed by atoms with Crippen LogP contribution in [0.4, 0.5) is 11.8 Å². The van der Waals surface area contributed by atoms with Crippen molar-refractivity contribution < 1.29 is 4.42 Å². The maximum absolute atomic E-state index is 5.67. The van der Waals surface area contributed by atoms with E-state index in [9.17, 15) is 0 Å². The van der Waals surface area contributed by atoms with E-state index in [-0.39, 0.29) is 5.92 Å². The first kappa shape index (κ1) is 16.9. The lowest BCUT2D eigenvalue weighted by Crippen LogP contribution is -2.34. The first-order valence-electron chi connectivity index (χ1n) is 7.95. The normalized spacial score (nSPS) is 16.1. The fourth-order valence-corrected chi connectivity index (χ4v) is 3.17. The minimum atomic E-state index is 0.278. The van der Waals surface area contributed by atoms with Gasteiger partial charge in [-0.1, -0.05) is 5.10 Å². The number of nitrogens with zero attached hydrogens (tertiary/aromatic N) is 6. The Kier molecular flexibility index (Phi) is 5.13. The van der Waals surface area contributed by atoms with E-state index in [0.29, 0.717) is 11.9 Å². The fraction of sp³-hybridized carbons (Fsp3) is 0.500. The van der Waals surface area contributed by atoms with Gasteiger partial charge >= 0.3 is 6.01 Å². The van der Waals surface area contributed by atoms with Crippen LogP contribution >= 0.6 is 15.9 Å². The molecule has 128 valence electrons. The first-order chi connectivity index (χ1) is 11.5. The smallest absolute Gasteiger partial charge is 0.343 e. The molecule has 0 radical (unpaired) electrons. The minimum absolute atomic E-state index is 0.278. The third kappa shape index (κ3) is 3.92. The Labute approximate surface area is 149 Å². The lowest BCUT2D eigenvalue weighted by atomic mass is 9.97. The molecule has 1 fully saturated rings. The molecule has 0 unspecified atom stereocenters. The summed E-state index contributed by atoms with van der Waals surface area (Å²) in [6, 6.07) is 4.37. The monoisotopic (exact) mass is 392 g/mol. The van der Waals surface area contributed by atoms with Gasteiger partial charge < -0.3 is 14.2 Å². The molecular weight excluding hydrogens is 372 g/mol. The molecule has 7 nitrogen and oxygen atoms in total. The molecule has 1 aliphatic heterocycles. The summed E-state index contributed by atoms with van der Waals surface area (Å²) in [5.74, 6) is 1.97. The van der Waals surface area contributed by atoms with Crippen LogP contribution in [-0.4, -0.2) is 53.6 Å². The number of aryl methyl sites for hydroxylation is 1. The molecule has 0 atom stereocenters. The molecule has 0 N–H and O–H groups in total. The SMILES string of the molecule is Cc1ccc(Br)c(N2CCC(c3nnc(/N=C/N(C)C)o3)CC2)n1. The van der Waals surface area contributed by atoms with Gasteiger partial charge in [0.1, 0.15) is 5.82 Å². The number of halogens is 1. The van der Waals surface area contributed by atoms with Gasteiger partial charge in [-0.2, -0.15) is 4.99 Å². The Morgan fingerprint density at radius 1 is 1.29 bits per heavy atom. The topological polar surface area (TPSA) is 70.7 Å². The van der Waals surface area contributed by atoms with Crippen molar-refractivity contribution in [2.45, 2.75) is 25.7 Å². The average molecular weight is 393 g/mol. The Balaban J connectivity index is 1.64. The maximum atomic E-state index is 5.67. The summed E-state index contributed by atoms with van der Waals surface area (Å²) >= 11 is 3.59. The molecule has 1 aliphatic rings. The first-order valence-corrected chi connectivity index (χ1v) is 8.74. The van der Waals surface area contributed by atoms with Crippen LogP contribution in [0.25, 0.3) is 0 Å². The quantitative estimate of drug-likeness (QED) is 0.587. The predicted octanol–water partition coefficient (Wildman–Crippen LogP) is 3.14. The molecule has 2 aromatic heterocycles. The lowest BCUT2D eigenvalue weighted by Gasteiger charge is -2.32. The number of hydrogen-bond acceptors (Lipinski definition) is 6. The van der Waals surface area contributed by atoms with Crippen LogP contribution in [0.2, 0.25) is 0 Å². The van der Waals surface area contributed by atoms with Crippen LogP contribution in [-0.2, 0) is 0 Å². The molecule has 3 rings (SSSR count). The molecule has 0 bridgehead atoms. The van der Waals surface area contributed by atoms with Gasteiger partial charge in [0.15, 0.2) is 0 Å². The van der Waals surface area contributed by atoms with Gasteiger partial charge in [0, 0.05) is 38.8 Å². The van der Waals surface area contributed by atoms with Crippen molar-refractivity contribution in [2.75, 3.05) is 32.1 Å². The van der Waals surface area contributed by atoms with Gasteiger partial charge in [-0.05, 0) is 47.8 Å². The Morgan fingerprint density at radius 2 is 2.04 bits per heavy atom. The summed E-state index contributed by atoms with van der Waals surface area (Å²) in [5.41, 5.74) is 1.02. The molecule has 24 heavy (non-hydrogen) atoms. The van der Waals surface area contributed by atoms with Crippen molar-refractivity contribution in [3.8, 4) is 0 Å². The fourth-order valence-electron chi connectivity index (χ4n) is 2.69. The number of aromatic nitrogens is 3. The third-order valence-electron chi connectivity index (χ3n) is 3.94. The second kappa shape index (κ2) is 7.29. The number of aliphatic imine (C=N–C) groups is 1. The maximum Gasteiger partial charge on any atom is 0.343 e. The highest BCUT2D eigenvalue weighted by Crippen LogP contribution is 2.32. The molecular formula is C16H21BrN6O. The van der Waals surface area contributed by atoms with E-state index in [2.05, 4.69) is 47.1 Å². The van der Waals surface area contributed by atoms with Crippen molar-refractivity contribution in [2.24, 2.45) is 4.99 Å². The lowest BCUT2D eigenvalue weighted by molar-refractivity contribution is 0.396. The molecule has 0 amide bonds. The molecule has 0 aliphatic carbocycles. The average Bonchev–Trinajstić information content (AvgIpc) is 3.04. The summed E-state index contributed by atoms with van der Waals surface area (Å²) in [4.78, 5) is 12.9. The molecule has 0 saturated carbocycles. The van der Waals surface area contributed by atoms with Crippen molar-refractivity contribution >= 4 is 34.1 Å². The molecule has 0 aromatic carbocycles. The van der Waals surface area contributed by atoms with Crippen LogP contribution in [0.3, 0.4) is 0 Å². The predicted molar refractivity (Wildman–Crippen MR) is 97.0 cm³/mol. The minimum Gasteiger partial charge on any atom is -0.406 e. The van der Waals surface area contributed by atoms with Crippen molar-refractivity contribution in [1.29, 1.82) is 0 Å². The van der Waals surface area contributed by atoms with E-state index < -0.39 is 0 Å². The van der Waals surface area contributed by atoms with Crippen LogP contribution < -0.4 is 4.90 Å². The van der Waals surface area contributed by atoms with E-state index in [4.69, 9.17) is 4.42 Å². The van der Waals surface area contributed by atoms with Gasteiger partial charge in [-0.15, -0.1) is 5.10 Å². The van der Waals surface area contributed by atoms with E-state index in [1.54, 1.807) is 6.34 Å². The molecule has 2 aromatic rings. The molecule has 8 heteroatoms. The summed E-state index contributed by atoms with van der Waals surface area (Å²) in [6.07, 6.45) is 3.57. The highest BCUT2D eigenvalue weighted by molar-refractivity contribution is 9.10. The number of piperidine rings is 1. The Bertz CT molecular complexity index is 721. The molecule has 3 heterocycles. The number of anilines is 1. The zero-order valence-electron chi connectivity index (χ0n) is 14.1. The van der Waals surface area contributed by atoms with E-state index in [1.165, 1.54) is 0 Å².